The first kappa shape index (κ1) is 31.3. The number of hydrogen-bond donors (Lipinski definition) is 7. The van der Waals surface area contributed by atoms with E-state index in [0.29, 0.717) is 23.6 Å². The van der Waals surface area contributed by atoms with Gasteiger partial charge in [0.2, 0.25) is 17.7 Å². The number of H-pyrrole nitrogens is 1. The van der Waals surface area contributed by atoms with Crippen molar-refractivity contribution in [2.45, 2.75) is 56.3 Å². The van der Waals surface area contributed by atoms with Crippen molar-refractivity contribution in [2.24, 2.45) is 5.73 Å². The van der Waals surface area contributed by atoms with E-state index in [0.717, 1.165) is 0 Å². The van der Waals surface area contributed by atoms with Gasteiger partial charge in [-0.05, 0) is 43.3 Å². The number of hydrogen-bond acceptors (Lipinski definition) is 9. The summed E-state index contributed by atoms with van der Waals surface area (Å²) in [6.07, 6.45) is 6.35. The van der Waals surface area contributed by atoms with Crippen molar-refractivity contribution >= 4 is 53.2 Å². The number of thioether (sulfide) groups is 2. The molecule has 8 N–H and O–H groups in total. The Kier molecular flexibility index (Phi) is 14.6. The van der Waals surface area contributed by atoms with E-state index in [9.17, 15) is 29.1 Å². The summed E-state index contributed by atoms with van der Waals surface area (Å²) < 4.78 is 0. The zero-order valence-electron chi connectivity index (χ0n) is 20.2. The lowest BCUT2D eigenvalue weighted by atomic mass is 10.1. The second-order valence-electron chi connectivity index (χ2n) is 7.90. The molecule has 0 aromatic carbocycles. The molecule has 0 aliphatic heterocycles. The lowest BCUT2D eigenvalue weighted by Gasteiger charge is -2.25. The molecule has 4 unspecified atom stereocenters. The second kappa shape index (κ2) is 16.8. The third kappa shape index (κ3) is 11.8. The number of carboxylic acid groups (broad SMARTS) is 2. The summed E-state index contributed by atoms with van der Waals surface area (Å²) in [5.41, 5.74) is 6.36. The van der Waals surface area contributed by atoms with Crippen LogP contribution in [-0.2, 0) is 30.4 Å². The Morgan fingerprint density at radius 1 is 0.917 bits per heavy atom. The highest BCUT2D eigenvalue weighted by atomic mass is 32.2. The minimum absolute atomic E-state index is 0.0424. The van der Waals surface area contributed by atoms with Crippen molar-refractivity contribution < 1.29 is 34.2 Å². The first-order chi connectivity index (χ1) is 17.1. The molecule has 1 heterocycles. The molecule has 0 spiro atoms. The SMILES string of the molecule is CSCCC(N)C(=O)NC(CCC(=O)O)C(=O)NC(Cc1cnc[nH]1)C(=O)NC(CCSC)C(=O)O. The Labute approximate surface area is 217 Å². The molecule has 1 rings (SSSR count). The second-order valence-corrected chi connectivity index (χ2v) is 9.88. The Hall–Kier alpha value is -2.78. The van der Waals surface area contributed by atoms with E-state index < -0.39 is 60.2 Å². The topological polar surface area (TPSA) is 217 Å². The van der Waals surface area contributed by atoms with Crippen molar-refractivity contribution in [2.75, 3.05) is 24.0 Å². The predicted octanol–water partition coefficient (Wildman–Crippen LogP) is -0.810. The summed E-state index contributed by atoms with van der Waals surface area (Å²) in [4.78, 5) is 67.9. The molecule has 0 saturated heterocycles. The number of rotatable bonds is 18. The number of nitrogens with one attached hydrogen (secondary N) is 4. The molecule has 0 aliphatic rings. The monoisotopic (exact) mass is 546 g/mol. The number of carboxylic acids is 2. The number of nitrogens with zero attached hydrogens (tertiary/aromatic N) is 1. The van der Waals surface area contributed by atoms with Crippen LogP contribution in [0.5, 0.6) is 0 Å². The van der Waals surface area contributed by atoms with Gasteiger partial charge in [0.25, 0.3) is 0 Å². The minimum atomic E-state index is -1.27. The lowest BCUT2D eigenvalue weighted by Crippen LogP contribution is -2.57. The van der Waals surface area contributed by atoms with Gasteiger partial charge in [0.1, 0.15) is 18.1 Å². The highest BCUT2D eigenvalue weighted by molar-refractivity contribution is 7.98. The summed E-state index contributed by atoms with van der Waals surface area (Å²) in [5, 5.41) is 25.9. The Bertz CT molecular complexity index is 871. The van der Waals surface area contributed by atoms with Crippen LogP contribution in [0, 0.1) is 0 Å². The number of amides is 3. The zero-order valence-corrected chi connectivity index (χ0v) is 21.8. The van der Waals surface area contributed by atoms with Crippen molar-refractivity contribution in [1.29, 1.82) is 0 Å². The Morgan fingerprint density at radius 2 is 1.50 bits per heavy atom. The summed E-state index contributed by atoms with van der Waals surface area (Å²) in [6.45, 7) is 0. The van der Waals surface area contributed by atoms with Gasteiger partial charge in [-0.25, -0.2) is 9.78 Å². The number of imidazole rings is 1. The van der Waals surface area contributed by atoms with E-state index in [1.165, 1.54) is 36.0 Å². The van der Waals surface area contributed by atoms with Crippen molar-refractivity contribution in [1.82, 2.24) is 25.9 Å². The van der Waals surface area contributed by atoms with Crippen molar-refractivity contribution in [3.63, 3.8) is 0 Å². The van der Waals surface area contributed by atoms with E-state index in [2.05, 4.69) is 25.9 Å². The third-order valence-electron chi connectivity index (χ3n) is 5.09. The number of aromatic amines is 1. The summed E-state index contributed by atoms with van der Waals surface area (Å²) in [6, 6.07) is -4.54. The van der Waals surface area contributed by atoms with Crippen LogP contribution >= 0.6 is 23.5 Å². The van der Waals surface area contributed by atoms with E-state index in [-0.39, 0.29) is 19.3 Å². The average molecular weight is 547 g/mol. The van der Waals surface area contributed by atoms with Crippen LogP contribution in [0.3, 0.4) is 0 Å². The molecule has 0 radical (unpaired) electrons. The minimum Gasteiger partial charge on any atom is -0.481 e. The number of aliphatic carboxylic acids is 2. The maximum Gasteiger partial charge on any atom is 0.326 e. The fourth-order valence-corrected chi connectivity index (χ4v) is 4.02. The smallest absolute Gasteiger partial charge is 0.326 e. The van der Waals surface area contributed by atoms with Crippen LogP contribution < -0.4 is 21.7 Å². The molecule has 15 heteroatoms. The zero-order chi connectivity index (χ0) is 27.1. The summed E-state index contributed by atoms with van der Waals surface area (Å²) in [5.74, 6) is -3.42. The Balaban J connectivity index is 3.04. The summed E-state index contributed by atoms with van der Waals surface area (Å²) in [7, 11) is 0. The van der Waals surface area contributed by atoms with Gasteiger partial charge in [-0.1, -0.05) is 0 Å². The van der Waals surface area contributed by atoms with Gasteiger partial charge in [-0.3, -0.25) is 19.2 Å². The molecule has 0 saturated carbocycles. The maximum absolute atomic E-state index is 13.1. The molecule has 0 fully saturated rings. The molecule has 3 amide bonds. The van der Waals surface area contributed by atoms with Crippen molar-refractivity contribution in [3.8, 4) is 0 Å². The third-order valence-corrected chi connectivity index (χ3v) is 6.37. The van der Waals surface area contributed by atoms with Crippen LogP contribution in [0.15, 0.2) is 12.5 Å². The molecule has 36 heavy (non-hydrogen) atoms. The largest absolute Gasteiger partial charge is 0.481 e. The van der Waals surface area contributed by atoms with Gasteiger partial charge in [0.15, 0.2) is 0 Å². The maximum atomic E-state index is 13.1. The lowest BCUT2D eigenvalue weighted by molar-refractivity contribution is -0.142. The number of aromatic nitrogens is 2. The number of carbonyl (C=O) groups is 5. The Morgan fingerprint density at radius 3 is 2.06 bits per heavy atom. The number of nitrogens with two attached hydrogens (primary N) is 1. The molecule has 1 aromatic heterocycles. The van der Waals surface area contributed by atoms with Gasteiger partial charge >= 0.3 is 11.9 Å². The van der Waals surface area contributed by atoms with Crippen LogP contribution in [0.4, 0.5) is 0 Å². The highest BCUT2D eigenvalue weighted by Gasteiger charge is 2.31. The van der Waals surface area contributed by atoms with Gasteiger partial charge in [0.05, 0.1) is 12.4 Å². The molecular formula is C21H34N6O7S2. The van der Waals surface area contributed by atoms with Gasteiger partial charge < -0.3 is 36.9 Å². The fraction of sp³-hybridized carbons (Fsp3) is 0.619. The fourth-order valence-electron chi connectivity index (χ4n) is 3.05. The van der Waals surface area contributed by atoms with E-state index >= 15 is 0 Å². The van der Waals surface area contributed by atoms with Crippen molar-refractivity contribution in [3.05, 3.63) is 18.2 Å². The first-order valence-electron chi connectivity index (χ1n) is 11.1. The molecule has 0 aliphatic carbocycles. The molecule has 0 bridgehead atoms. The molecule has 13 nitrogen and oxygen atoms in total. The summed E-state index contributed by atoms with van der Waals surface area (Å²) >= 11 is 2.92. The van der Waals surface area contributed by atoms with E-state index in [1.807, 2.05) is 6.26 Å². The molecular weight excluding hydrogens is 512 g/mol. The predicted molar refractivity (Wildman–Crippen MR) is 137 cm³/mol. The van der Waals surface area contributed by atoms with Crippen LogP contribution in [0.1, 0.15) is 31.4 Å². The van der Waals surface area contributed by atoms with Gasteiger partial charge in [-0.2, -0.15) is 23.5 Å². The molecule has 202 valence electrons. The van der Waals surface area contributed by atoms with Gasteiger partial charge in [0, 0.05) is 24.7 Å². The normalized spacial score (nSPS) is 14.2. The highest BCUT2D eigenvalue weighted by Crippen LogP contribution is 2.07. The van der Waals surface area contributed by atoms with Crippen LogP contribution in [0.2, 0.25) is 0 Å². The standard InChI is InChI=1S/C21H34N6O7S2/c1-35-7-5-13(22)18(30)25-14(3-4-17(28)29)19(31)27-16(9-12-10-23-11-24-12)20(32)26-15(21(33)34)6-8-36-2/h10-11,13-16H,3-9,22H2,1-2H3,(H,23,24)(H,25,30)(H,26,32)(H,27,31)(H,28,29)(H,33,34). The van der Waals surface area contributed by atoms with E-state index in [1.54, 1.807) is 6.26 Å². The average Bonchev–Trinajstić information content (AvgIpc) is 3.34. The van der Waals surface area contributed by atoms with E-state index in [4.69, 9.17) is 10.8 Å². The quantitative estimate of drug-likeness (QED) is 0.121. The van der Waals surface area contributed by atoms with Crippen LogP contribution in [0.25, 0.3) is 0 Å². The number of carbonyl (C=O) groups excluding carboxylic acids is 3. The van der Waals surface area contributed by atoms with Gasteiger partial charge in [-0.15, -0.1) is 0 Å². The molecule has 1 aromatic rings. The molecule has 4 atom stereocenters. The van der Waals surface area contributed by atoms with Crippen LogP contribution in [-0.4, -0.2) is 98.0 Å². The first-order valence-corrected chi connectivity index (χ1v) is 13.9.